The molecule has 1 aliphatic heterocycles. The number of nitro benzene ring substituents is 1. The minimum atomic E-state index is -0.449. The van der Waals surface area contributed by atoms with E-state index in [1.165, 1.54) is 12.1 Å². The third-order valence-electron chi connectivity index (χ3n) is 2.82. The molecular formula is C11H15N3O3. The Morgan fingerprint density at radius 2 is 2.29 bits per heavy atom. The van der Waals surface area contributed by atoms with Crippen molar-refractivity contribution in [3.63, 3.8) is 0 Å². The average molecular weight is 237 g/mol. The summed E-state index contributed by atoms with van der Waals surface area (Å²) in [7, 11) is 0. The van der Waals surface area contributed by atoms with Gasteiger partial charge in [0.15, 0.2) is 0 Å². The summed E-state index contributed by atoms with van der Waals surface area (Å²) in [6.07, 6.45) is 0.871. The average Bonchev–Trinajstić information content (AvgIpc) is 2.63. The maximum Gasteiger partial charge on any atom is 0.273 e. The van der Waals surface area contributed by atoms with Gasteiger partial charge in [0.2, 0.25) is 0 Å². The van der Waals surface area contributed by atoms with E-state index in [-0.39, 0.29) is 11.2 Å². The number of hydrogen-bond donors (Lipinski definition) is 2. The molecule has 92 valence electrons. The molecule has 1 aromatic rings. The van der Waals surface area contributed by atoms with Crippen molar-refractivity contribution in [1.82, 2.24) is 0 Å². The third kappa shape index (κ3) is 2.65. The van der Waals surface area contributed by atoms with Gasteiger partial charge in [-0.2, -0.15) is 0 Å². The Hall–Kier alpha value is -1.82. The van der Waals surface area contributed by atoms with E-state index in [1.54, 1.807) is 6.07 Å². The Morgan fingerprint density at radius 3 is 2.88 bits per heavy atom. The summed E-state index contributed by atoms with van der Waals surface area (Å²) in [4.78, 5) is 10.3. The molecule has 3 N–H and O–H groups in total. The summed E-state index contributed by atoms with van der Waals surface area (Å²) in [5, 5.41) is 14.0. The predicted octanol–water partition coefficient (Wildman–Crippen LogP) is 1.77. The van der Waals surface area contributed by atoms with Crippen LogP contribution in [0.15, 0.2) is 18.2 Å². The number of nitrogen functional groups attached to an aromatic ring is 1. The van der Waals surface area contributed by atoms with Crippen molar-refractivity contribution in [2.24, 2.45) is 0 Å². The number of non-ortho nitro benzene ring substituents is 1. The number of nitrogens with one attached hydrogen (secondary N) is 1. The summed E-state index contributed by atoms with van der Waals surface area (Å²) in [6, 6.07) is 4.52. The predicted molar refractivity (Wildman–Crippen MR) is 65.0 cm³/mol. The van der Waals surface area contributed by atoms with Crippen LogP contribution < -0.4 is 11.1 Å². The van der Waals surface area contributed by atoms with Gasteiger partial charge in [-0.15, -0.1) is 0 Å². The van der Waals surface area contributed by atoms with Crippen LogP contribution in [0.5, 0.6) is 0 Å². The zero-order valence-corrected chi connectivity index (χ0v) is 9.60. The van der Waals surface area contributed by atoms with Crippen LogP contribution >= 0.6 is 0 Å². The first-order chi connectivity index (χ1) is 7.98. The van der Waals surface area contributed by atoms with Crippen molar-refractivity contribution >= 4 is 17.1 Å². The lowest BCUT2D eigenvalue weighted by molar-refractivity contribution is -0.384. The minimum absolute atomic E-state index is 0.00462. The number of nitrogens with zero attached hydrogens (tertiary/aromatic N) is 1. The summed E-state index contributed by atoms with van der Waals surface area (Å²) in [5.74, 6) is 0. The fourth-order valence-electron chi connectivity index (χ4n) is 1.93. The van der Waals surface area contributed by atoms with E-state index in [1.807, 2.05) is 6.92 Å². The molecule has 1 fully saturated rings. The lowest BCUT2D eigenvalue weighted by Gasteiger charge is -2.25. The summed E-state index contributed by atoms with van der Waals surface area (Å²) < 4.78 is 5.31. The minimum Gasteiger partial charge on any atom is -0.398 e. The Kier molecular flexibility index (Phi) is 2.89. The number of nitrogens with two attached hydrogens (primary N) is 1. The van der Waals surface area contributed by atoms with Gasteiger partial charge < -0.3 is 15.8 Å². The number of ether oxygens (including phenoxy) is 1. The number of rotatable bonds is 3. The van der Waals surface area contributed by atoms with Gasteiger partial charge in [-0.1, -0.05) is 0 Å². The van der Waals surface area contributed by atoms with Gasteiger partial charge in [0.25, 0.3) is 5.69 Å². The van der Waals surface area contributed by atoms with E-state index in [9.17, 15) is 10.1 Å². The second-order valence-corrected chi connectivity index (χ2v) is 4.56. The zero-order valence-electron chi connectivity index (χ0n) is 9.60. The molecule has 1 heterocycles. The normalized spacial score (nSPS) is 23.6. The van der Waals surface area contributed by atoms with Crippen LogP contribution in [-0.2, 0) is 4.74 Å². The van der Waals surface area contributed by atoms with E-state index in [4.69, 9.17) is 10.5 Å². The molecule has 17 heavy (non-hydrogen) atoms. The Labute approximate surface area is 98.9 Å². The van der Waals surface area contributed by atoms with Crippen molar-refractivity contribution in [3.8, 4) is 0 Å². The highest BCUT2D eigenvalue weighted by Crippen LogP contribution is 2.28. The van der Waals surface area contributed by atoms with E-state index in [0.29, 0.717) is 24.6 Å². The number of hydrogen-bond acceptors (Lipinski definition) is 5. The molecule has 2 rings (SSSR count). The Morgan fingerprint density at radius 1 is 1.53 bits per heavy atom. The summed E-state index contributed by atoms with van der Waals surface area (Å²) in [6.45, 7) is 3.32. The van der Waals surface area contributed by atoms with Crippen LogP contribution in [0.25, 0.3) is 0 Å². The van der Waals surface area contributed by atoms with Gasteiger partial charge in [-0.25, -0.2) is 0 Å². The molecule has 1 aromatic carbocycles. The van der Waals surface area contributed by atoms with Crippen molar-refractivity contribution in [3.05, 3.63) is 28.3 Å². The van der Waals surface area contributed by atoms with E-state index in [0.717, 1.165) is 6.42 Å². The largest absolute Gasteiger partial charge is 0.398 e. The molecule has 6 nitrogen and oxygen atoms in total. The molecule has 0 bridgehead atoms. The molecule has 0 spiro atoms. The van der Waals surface area contributed by atoms with Crippen molar-refractivity contribution in [2.45, 2.75) is 18.9 Å². The SMILES string of the molecule is CC1(Nc2cc(N)cc([N+](=O)[O-])c2)CCOC1. The van der Waals surface area contributed by atoms with Gasteiger partial charge in [-0.05, 0) is 19.4 Å². The maximum atomic E-state index is 10.7. The van der Waals surface area contributed by atoms with Gasteiger partial charge in [0.1, 0.15) is 0 Å². The summed E-state index contributed by atoms with van der Waals surface area (Å²) in [5.41, 5.74) is 6.49. The Balaban J connectivity index is 2.23. The van der Waals surface area contributed by atoms with Crippen LogP contribution in [0.3, 0.4) is 0 Å². The standard InChI is InChI=1S/C11H15N3O3/c1-11(2-3-17-7-11)13-9-4-8(12)5-10(6-9)14(15)16/h4-6,13H,2-3,7,12H2,1H3. The Bertz CT molecular complexity index is 442. The highest BCUT2D eigenvalue weighted by Gasteiger charge is 2.29. The highest BCUT2D eigenvalue weighted by atomic mass is 16.6. The van der Waals surface area contributed by atoms with Crippen LogP contribution in [-0.4, -0.2) is 23.7 Å². The molecule has 0 amide bonds. The molecule has 0 aliphatic carbocycles. The molecule has 1 aliphatic rings. The second-order valence-electron chi connectivity index (χ2n) is 4.56. The molecular weight excluding hydrogens is 222 g/mol. The van der Waals surface area contributed by atoms with Crippen molar-refractivity contribution in [2.75, 3.05) is 24.3 Å². The third-order valence-corrected chi connectivity index (χ3v) is 2.82. The van der Waals surface area contributed by atoms with Crippen molar-refractivity contribution < 1.29 is 9.66 Å². The number of benzene rings is 1. The van der Waals surface area contributed by atoms with Crippen LogP contribution in [0, 0.1) is 10.1 Å². The molecule has 1 atom stereocenters. The maximum absolute atomic E-state index is 10.7. The number of nitro groups is 1. The smallest absolute Gasteiger partial charge is 0.273 e. The van der Waals surface area contributed by atoms with Gasteiger partial charge in [-0.3, -0.25) is 10.1 Å². The van der Waals surface area contributed by atoms with E-state index >= 15 is 0 Å². The topological polar surface area (TPSA) is 90.4 Å². The first-order valence-electron chi connectivity index (χ1n) is 5.39. The van der Waals surface area contributed by atoms with Gasteiger partial charge in [0.05, 0.1) is 17.1 Å². The molecule has 0 aromatic heterocycles. The molecule has 1 saturated heterocycles. The van der Waals surface area contributed by atoms with E-state index < -0.39 is 4.92 Å². The van der Waals surface area contributed by atoms with Crippen LogP contribution in [0.1, 0.15) is 13.3 Å². The fourth-order valence-corrected chi connectivity index (χ4v) is 1.93. The van der Waals surface area contributed by atoms with Crippen LogP contribution in [0.2, 0.25) is 0 Å². The lowest BCUT2D eigenvalue weighted by atomic mass is 10.0. The first kappa shape index (κ1) is 11.7. The lowest BCUT2D eigenvalue weighted by Crippen LogP contribution is -2.34. The van der Waals surface area contributed by atoms with Gasteiger partial charge >= 0.3 is 0 Å². The first-order valence-corrected chi connectivity index (χ1v) is 5.39. The zero-order chi connectivity index (χ0) is 12.5. The van der Waals surface area contributed by atoms with Crippen LogP contribution in [0.4, 0.5) is 17.1 Å². The monoisotopic (exact) mass is 237 g/mol. The number of anilines is 2. The second kappa shape index (κ2) is 4.21. The van der Waals surface area contributed by atoms with Crippen molar-refractivity contribution in [1.29, 1.82) is 0 Å². The quantitative estimate of drug-likeness (QED) is 0.475. The summed E-state index contributed by atoms with van der Waals surface area (Å²) >= 11 is 0. The molecule has 6 heteroatoms. The van der Waals surface area contributed by atoms with E-state index in [2.05, 4.69) is 5.32 Å². The molecule has 0 radical (unpaired) electrons. The molecule has 0 saturated carbocycles. The molecule has 1 unspecified atom stereocenters. The highest BCUT2D eigenvalue weighted by molar-refractivity contribution is 5.62. The van der Waals surface area contributed by atoms with Gasteiger partial charge in [0, 0.05) is 30.1 Å². The fraction of sp³-hybridized carbons (Fsp3) is 0.455.